The zero-order chi connectivity index (χ0) is 21.1. The SMILES string of the molecule is C.CNc1ccc(NC(=O)c2cccc(Nc3nccc4ccc(Cl)cc34)c2)cc1N. The molecule has 158 valence electrons. The van der Waals surface area contributed by atoms with Gasteiger partial charge in [-0.2, -0.15) is 0 Å². The standard InChI is InChI=1S/C23H20ClN5O.CH4/c1-26-21-8-7-18(13-20(21)25)29-23(30)15-3-2-4-17(11-15)28-22-19-12-16(24)6-5-14(19)9-10-27-22;/h2-13,26H,25H2,1H3,(H,27,28)(H,29,30);1H4. The highest BCUT2D eigenvalue weighted by Gasteiger charge is 2.10. The first kappa shape index (κ1) is 21.9. The lowest BCUT2D eigenvalue weighted by Gasteiger charge is -2.12. The Hall–Kier alpha value is -3.77. The summed E-state index contributed by atoms with van der Waals surface area (Å²) >= 11 is 6.15. The highest BCUT2D eigenvalue weighted by atomic mass is 35.5. The van der Waals surface area contributed by atoms with Gasteiger partial charge in [0, 0.05) is 40.6 Å². The van der Waals surface area contributed by atoms with Gasteiger partial charge in [0.2, 0.25) is 0 Å². The van der Waals surface area contributed by atoms with Gasteiger partial charge in [-0.15, -0.1) is 0 Å². The van der Waals surface area contributed by atoms with Crippen molar-refractivity contribution in [2.24, 2.45) is 0 Å². The topological polar surface area (TPSA) is 92.1 Å². The number of fused-ring (bicyclic) bond motifs is 1. The largest absolute Gasteiger partial charge is 0.397 e. The van der Waals surface area contributed by atoms with E-state index in [1.807, 2.05) is 42.5 Å². The van der Waals surface area contributed by atoms with Gasteiger partial charge in [-0.1, -0.05) is 31.2 Å². The van der Waals surface area contributed by atoms with E-state index in [0.717, 1.165) is 22.1 Å². The van der Waals surface area contributed by atoms with Crippen molar-refractivity contribution >= 4 is 56.8 Å². The molecular formula is C24H24ClN5O. The zero-order valence-corrected chi connectivity index (χ0v) is 17.0. The molecule has 0 bridgehead atoms. The predicted molar refractivity (Wildman–Crippen MR) is 132 cm³/mol. The van der Waals surface area contributed by atoms with Gasteiger partial charge >= 0.3 is 0 Å². The number of nitrogen functional groups attached to an aromatic ring is 1. The Morgan fingerprint density at radius 2 is 1.84 bits per heavy atom. The number of nitrogens with one attached hydrogen (secondary N) is 3. The number of halogens is 1. The Morgan fingerprint density at radius 1 is 1.00 bits per heavy atom. The Bertz CT molecular complexity index is 1240. The molecule has 0 aliphatic heterocycles. The third-order valence-corrected chi connectivity index (χ3v) is 4.93. The van der Waals surface area contributed by atoms with Crippen LogP contribution in [0.4, 0.5) is 28.6 Å². The van der Waals surface area contributed by atoms with E-state index in [2.05, 4.69) is 20.9 Å². The molecule has 4 rings (SSSR count). The van der Waals surface area contributed by atoms with Gasteiger partial charge in [0.1, 0.15) is 5.82 Å². The number of amides is 1. The summed E-state index contributed by atoms with van der Waals surface area (Å²) in [4.78, 5) is 17.1. The molecule has 5 N–H and O–H groups in total. The van der Waals surface area contributed by atoms with Crippen molar-refractivity contribution < 1.29 is 4.79 Å². The second-order valence-corrected chi connectivity index (χ2v) is 7.17. The van der Waals surface area contributed by atoms with Gasteiger partial charge < -0.3 is 21.7 Å². The summed E-state index contributed by atoms with van der Waals surface area (Å²) in [6, 6.07) is 20.1. The number of aromatic nitrogens is 1. The molecule has 0 aliphatic rings. The van der Waals surface area contributed by atoms with Crippen LogP contribution in [-0.4, -0.2) is 17.9 Å². The van der Waals surface area contributed by atoms with Crippen LogP contribution >= 0.6 is 11.6 Å². The Kier molecular flexibility index (Phi) is 6.62. The van der Waals surface area contributed by atoms with E-state index >= 15 is 0 Å². The molecule has 0 saturated carbocycles. The number of pyridine rings is 1. The molecule has 0 unspecified atom stereocenters. The minimum atomic E-state index is -0.232. The zero-order valence-electron chi connectivity index (χ0n) is 16.2. The quantitative estimate of drug-likeness (QED) is 0.283. The number of nitrogens with zero attached hydrogens (tertiary/aromatic N) is 1. The maximum absolute atomic E-state index is 12.7. The van der Waals surface area contributed by atoms with Crippen molar-refractivity contribution in [3.63, 3.8) is 0 Å². The van der Waals surface area contributed by atoms with Crippen molar-refractivity contribution in [2.45, 2.75) is 7.43 Å². The third-order valence-electron chi connectivity index (χ3n) is 4.69. The first-order chi connectivity index (χ1) is 14.5. The van der Waals surface area contributed by atoms with Crippen LogP contribution in [0.25, 0.3) is 10.8 Å². The molecule has 3 aromatic carbocycles. The fourth-order valence-corrected chi connectivity index (χ4v) is 3.36. The number of hydrogen-bond acceptors (Lipinski definition) is 5. The average Bonchev–Trinajstić information content (AvgIpc) is 2.74. The number of anilines is 5. The van der Waals surface area contributed by atoms with Gasteiger partial charge in [0.25, 0.3) is 5.91 Å². The molecule has 0 radical (unpaired) electrons. The Morgan fingerprint density at radius 3 is 2.61 bits per heavy atom. The van der Waals surface area contributed by atoms with E-state index in [4.69, 9.17) is 17.3 Å². The van der Waals surface area contributed by atoms with Gasteiger partial charge in [-0.25, -0.2) is 4.98 Å². The lowest BCUT2D eigenvalue weighted by molar-refractivity contribution is 0.102. The fourth-order valence-electron chi connectivity index (χ4n) is 3.19. The van der Waals surface area contributed by atoms with E-state index in [1.54, 1.807) is 37.5 Å². The highest BCUT2D eigenvalue weighted by Crippen LogP contribution is 2.27. The van der Waals surface area contributed by atoms with E-state index in [-0.39, 0.29) is 13.3 Å². The van der Waals surface area contributed by atoms with Crippen molar-refractivity contribution in [2.75, 3.05) is 28.7 Å². The summed E-state index contributed by atoms with van der Waals surface area (Å²) in [6.45, 7) is 0. The first-order valence-electron chi connectivity index (χ1n) is 9.33. The lowest BCUT2D eigenvalue weighted by atomic mass is 10.1. The number of nitrogens with two attached hydrogens (primary N) is 1. The molecule has 1 heterocycles. The summed E-state index contributed by atoms with van der Waals surface area (Å²) in [5.74, 6) is 0.437. The van der Waals surface area contributed by atoms with Crippen LogP contribution in [0.3, 0.4) is 0 Å². The van der Waals surface area contributed by atoms with E-state index in [0.29, 0.717) is 27.8 Å². The minimum Gasteiger partial charge on any atom is -0.397 e. The van der Waals surface area contributed by atoms with Crippen molar-refractivity contribution in [3.8, 4) is 0 Å². The summed E-state index contributed by atoms with van der Waals surface area (Å²) in [6.07, 6.45) is 1.73. The van der Waals surface area contributed by atoms with Crippen LogP contribution < -0.4 is 21.7 Å². The van der Waals surface area contributed by atoms with Crippen molar-refractivity contribution in [1.82, 2.24) is 4.98 Å². The van der Waals surface area contributed by atoms with Crippen LogP contribution in [0.1, 0.15) is 17.8 Å². The van der Waals surface area contributed by atoms with Crippen LogP contribution in [0, 0.1) is 0 Å². The number of carbonyl (C=O) groups excluding carboxylic acids is 1. The van der Waals surface area contributed by atoms with Crippen molar-refractivity contribution in [1.29, 1.82) is 0 Å². The van der Waals surface area contributed by atoms with E-state index in [1.165, 1.54) is 0 Å². The van der Waals surface area contributed by atoms with Crippen LogP contribution in [-0.2, 0) is 0 Å². The van der Waals surface area contributed by atoms with Crippen LogP contribution in [0.15, 0.2) is 72.9 Å². The molecule has 0 spiro atoms. The molecule has 7 heteroatoms. The fraction of sp³-hybridized carbons (Fsp3) is 0.0833. The Balaban J connectivity index is 0.00000272. The number of benzene rings is 3. The number of hydrogen-bond donors (Lipinski definition) is 4. The second-order valence-electron chi connectivity index (χ2n) is 6.74. The summed E-state index contributed by atoms with van der Waals surface area (Å²) in [5.41, 5.74) is 9.22. The molecule has 0 fully saturated rings. The van der Waals surface area contributed by atoms with Gasteiger partial charge in [-0.3, -0.25) is 4.79 Å². The molecule has 31 heavy (non-hydrogen) atoms. The van der Waals surface area contributed by atoms with Crippen LogP contribution in [0.5, 0.6) is 0 Å². The van der Waals surface area contributed by atoms with E-state index < -0.39 is 0 Å². The summed E-state index contributed by atoms with van der Waals surface area (Å²) in [7, 11) is 1.79. The van der Waals surface area contributed by atoms with E-state index in [9.17, 15) is 4.79 Å². The predicted octanol–water partition coefficient (Wildman–Crippen LogP) is 6.14. The first-order valence-corrected chi connectivity index (χ1v) is 9.71. The molecule has 4 aromatic rings. The molecule has 0 saturated heterocycles. The average molecular weight is 434 g/mol. The molecular weight excluding hydrogens is 410 g/mol. The summed E-state index contributed by atoms with van der Waals surface area (Å²) in [5, 5.41) is 11.7. The number of rotatable bonds is 5. The second kappa shape index (κ2) is 9.36. The molecule has 1 amide bonds. The Labute approximate surface area is 186 Å². The molecule has 0 aliphatic carbocycles. The smallest absolute Gasteiger partial charge is 0.255 e. The maximum atomic E-state index is 12.7. The highest BCUT2D eigenvalue weighted by molar-refractivity contribution is 6.31. The monoisotopic (exact) mass is 433 g/mol. The lowest BCUT2D eigenvalue weighted by Crippen LogP contribution is -2.12. The van der Waals surface area contributed by atoms with Gasteiger partial charge in [0.15, 0.2) is 0 Å². The van der Waals surface area contributed by atoms with Gasteiger partial charge in [-0.05, 0) is 60.0 Å². The maximum Gasteiger partial charge on any atom is 0.255 e. The van der Waals surface area contributed by atoms with Gasteiger partial charge in [0.05, 0.1) is 11.4 Å². The normalized spacial score (nSPS) is 10.3. The molecule has 6 nitrogen and oxygen atoms in total. The summed E-state index contributed by atoms with van der Waals surface area (Å²) < 4.78 is 0. The third kappa shape index (κ3) is 4.87. The number of carbonyl (C=O) groups is 1. The van der Waals surface area contributed by atoms with Crippen molar-refractivity contribution in [3.05, 3.63) is 83.5 Å². The molecule has 1 aromatic heterocycles. The minimum absolute atomic E-state index is 0. The molecule has 0 atom stereocenters. The van der Waals surface area contributed by atoms with Crippen LogP contribution in [0.2, 0.25) is 5.02 Å².